The Kier molecular flexibility index (Phi) is 3.79. The van der Waals surface area contributed by atoms with Crippen molar-refractivity contribution in [3.63, 3.8) is 0 Å². The second-order valence-electron chi connectivity index (χ2n) is 4.30. The number of amides is 1. The average Bonchev–Trinajstić information content (AvgIpc) is 2.40. The Morgan fingerprint density at radius 1 is 1.38 bits per heavy atom. The average molecular weight is 291 g/mol. The smallest absolute Gasteiger partial charge is 0.286 e. The SMILES string of the molecule is NC(=O)c1cc([N+](=O)[O-])cn(Cc2cccc(F)c2)c1=O. The molecule has 0 bridgehead atoms. The summed E-state index contributed by atoms with van der Waals surface area (Å²) in [5.41, 5.74) is 3.76. The van der Waals surface area contributed by atoms with Gasteiger partial charge in [0, 0.05) is 6.07 Å². The van der Waals surface area contributed by atoms with E-state index in [-0.39, 0.29) is 6.54 Å². The summed E-state index contributed by atoms with van der Waals surface area (Å²) < 4.78 is 14.1. The number of nitro groups is 1. The van der Waals surface area contributed by atoms with Crippen LogP contribution in [0.15, 0.2) is 41.3 Å². The van der Waals surface area contributed by atoms with Gasteiger partial charge in [-0.3, -0.25) is 19.7 Å². The molecular weight excluding hydrogens is 281 g/mol. The summed E-state index contributed by atoms with van der Waals surface area (Å²) in [4.78, 5) is 33.3. The third kappa shape index (κ3) is 3.11. The zero-order valence-corrected chi connectivity index (χ0v) is 10.7. The van der Waals surface area contributed by atoms with Crippen LogP contribution >= 0.6 is 0 Å². The number of hydrogen-bond acceptors (Lipinski definition) is 4. The maximum atomic E-state index is 13.1. The number of primary amides is 1. The molecule has 0 aliphatic heterocycles. The predicted molar refractivity (Wildman–Crippen MR) is 71.4 cm³/mol. The van der Waals surface area contributed by atoms with Gasteiger partial charge in [0.2, 0.25) is 0 Å². The van der Waals surface area contributed by atoms with Gasteiger partial charge in [-0.15, -0.1) is 0 Å². The van der Waals surface area contributed by atoms with E-state index >= 15 is 0 Å². The number of hydrogen-bond donors (Lipinski definition) is 1. The molecule has 7 nitrogen and oxygen atoms in total. The first kappa shape index (κ1) is 14.4. The fourth-order valence-corrected chi connectivity index (χ4v) is 1.85. The lowest BCUT2D eigenvalue weighted by Crippen LogP contribution is -2.30. The van der Waals surface area contributed by atoms with Gasteiger partial charge in [-0.05, 0) is 17.7 Å². The second-order valence-corrected chi connectivity index (χ2v) is 4.30. The van der Waals surface area contributed by atoms with Crippen molar-refractivity contribution in [2.24, 2.45) is 5.73 Å². The molecule has 0 spiro atoms. The molecule has 0 radical (unpaired) electrons. The van der Waals surface area contributed by atoms with E-state index in [1.165, 1.54) is 18.2 Å². The number of carbonyl (C=O) groups excluding carboxylic acids is 1. The van der Waals surface area contributed by atoms with Crippen LogP contribution in [0.25, 0.3) is 0 Å². The van der Waals surface area contributed by atoms with Gasteiger partial charge < -0.3 is 10.3 Å². The number of carbonyl (C=O) groups is 1. The Morgan fingerprint density at radius 3 is 2.67 bits per heavy atom. The molecule has 21 heavy (non-hydrogen) atoms. The highest BCUT2D eigenvalue weighted by Gasteiger charge is 2.17. The molecule has 0 aliphatic carbocycles. The van der Waals surface area contributed by atoms with Gasteiger partial charge in [0.25, 0.3) is 17.2 Å². The Morgan fingerprint density at radius 2 is 2.10 bits per heavy atom. The van der Waals surface area contributed by atoms with Gasteiger partial charge in [0.05, 0.1) is 17.7 Å². The van der Waals surface area contributed by atoms with Crippen LogP contribution in [0, 0.1) is 15.9 Å². The fraction of sp³-hybridized carbons (Fsp3) is 0.0769. The van der Waals surface area contributed by atoms with E-state index in [0.29, 0.717) is 5.56 Å². The Bertz CT molecular complexity index is 785. The van der Waals surface area contributed by atoms with Crippen LogP contribution in [0.2, 0.25) is 0 Å². The summed E-state index contributed by atoms with van der Waals surface area (Å²) in [7, 11) is 0. The zero-order valence-electron chi connectivity index (χ0n) is 10.7. The molecule has 0 saturated carbocycles. The van der Waals surface area contributed by atoms with Crippen molar-refractivity contribution in [2.45, 2.75) is 6.54 Å². The molecule has 0 atom stereocenters. The molecule has 1 aromatic carbocycles. The van der Waals surface area contributed by atoms with Gasteiger partial charge in [-0.25, -0.2) is 4.39 Å². The first-order chi connectivity index (χ1) is 9.88. The zero-order chi connectivity index (χ0) is 15.6. The molecule has 2 N–H and O–H groups in total. The molecular formula is C13H10FN3O4. The van der Waals surface area contributed by atoms with Crippen LogP contribution in [0.3, 0.4) is 0 Å². The monoisotopic (exact) mass is 291 g/mol. The first-order valence-corrected chi connectivity index (χ1v) is 5.81. The maximum Gasteiger partial charge on any atom is 0.286 e. The largest absolute Gasteiger partial charge is 0.365 e. The molecule has 1 aromatic heterocycles. The van der Waals surface area contributed by atoms with Crippen molar-refractivity contribution in [3.8, 4) is 0 Å². The first-order valence-electron chi connectivity index (χ1n) is 5.81. The van der Waals surface area contributed by atoms with Crippen LogP contribution in [-0.4, -0.2) is 15.4 Å². The van der Waals surface area contributed by atoms with Crippen LogP contribution in [0.5, 0.6) is 0 Å². The van der Waals surface area contributed by atoms with E-state index in [0.717, 1.165) is 16.8 Å². The lowest BCUT2D eigenvalue weighted by molar-refractivity contribution is -0.385. The lowest BCUT2D eigenvalue weighted by atomic mass is 10.2. The molecule has 1 amide bonds. The van der Waals surface area contributed by atoms with E-state index < -0.39 is 33.5 Å². The van der Waals surface area contributed by atoms with E-state index in [1.807, 2.05) is 0 Å². The number of halogens is 1. The number of rotatable bonds is 4. The van der Waals surface area contributed by atoms with Gasteiger partial charge in [-0.2, -0.15) is 0 Å². The Hall–Kier alpha value is -3.03. The van der Waals surface area contributed by atoms with Crippen LogP contribution < -0.4 is 11.3 Å². The molecule has 0 unspecified atom stereocenters. The fourth-order valence-electron chi connectivity index (χ4n) is 1.85. The highest BCUT2D eigenvalue weighted by molar-refractivity contribution is 5.92. The molecule has 0 fully saturated rings. The van der Waals surface area contributed by atoms with Crippen LogP contribution in [-0.2, 0) is 6.54 Å². The summed E-state index contributed by atoms with van der Waals surface area (Å²) >= 11 is 0. The van der Waals surface area contributed by atoms with Crippen molar-refractivity contribution < 1.29 is 14.1 Å². The van der Waals surface area contributed by atoms with E-state index in [9.17, 15) is 24.1 Å². The summed E-state index contributed by atoms with van der Waals surface area (Å²) in [6.45, 7) is -0.113. The van der Waals surface area contributed by atoms with Crippen molar-refractivity contribution in [3.05, 3.63) is 73.9 Å². The number of nitrogens with two attached hydrogens (primary N) is 1. The maximum absolute atomic E-state index is 13.1. The number of benzene rings is 1. The minimum absolute atomic E-state index is 0.113. The predicted octanol–water partition coefficient (Wildman–Crippen LogP) is 1.04. The third-order valence-electron chi connectivity index (χ3n) is 2.79. The van der Waals surface area contributed by atoms with Crippen LogP contribution in [0.4, 0.5) is 10.1 Å². The van der Waals surface area contributed by atoms with Crippen molar-refractivity contribution >= 4 is 11.6 Å². The third-order valence-corrected chi connectivity index (χ3v) is 2.79. The quantitative estimate of drug-likeness (QED) is 0.670. The molecule has 2 rings (SSSR count). The van der Waals surface area contributed by atoms with E-state index in [1.54, 1.807) is 6.07 Å². The van der Waals surface area contributed by atoms with E-state index in [4.69, 9.17) is 5.73 Å². The summed E-state index contributed by atoms with van der Waals surface area (Å²) in [5, 5.41) is 10.8. The number of aromatic nitrogens is 1. The second kappa shape index (κ2) is 5.53. The normalized spacial score (nSPS) is 10.3. The van der Waals surface area contributed by atoms with E-state index in [2.05, 4.69) is 0 Å². The van der Waals surface area contributed by atoms with Gasteiger partial charge in [0.15, 0.2) is 0 Å². The molecule has 2 aromatic rings. The molecule has 8 heteroatoms. The Balaban J connectivity index is 2.54. The summed E-state index contributed by atoms with van der Waals surface area (Å²) in [5.74, 6) is -1.56. The van der Waals surface area contributed by atoms with Gasteiger partial charge in [0.1, 0.15) is 11.4 Å². The number of pyridine rings is 1. The number of nitrogens with zero attached hydrogens (tertiary/aromatic N) is 2. The summed E-state index contributed by atoms with van der Waals surface area (Å²) in [6, 6.07) is 6.25. The minimum Gasteiger partial charge on any atom is -0.365 e. The molecule has 108 valence electrons. The van der Waals surface area contributed by atoms with Crippen molar-refractivity contribution in [1.29, 1.82) is 0 Å². The summed E-state index contributed by atoms with van der Waals surface area (Å²) in [6.07, 6.45) is 0.986. The van der Waals surface area contributed by atoms with Crippen molar-refractivity contribution in [1.82, 2.24) is 4.57 Å². The molecule has 0 aliphatic rings. The van der Waals surface area contributed by atoms with Gasteiger partial charge >= 0.3 is 0 Å². The molecule has 0 saturated heterocycles. The highest BCUT2D eigenvalue weighted by Crippen LogP contribution is 2.12. The van der Waals surface area contributed by atoms with Gasteiger partial charge in [-0.1, -0.05) is 12.1 Å². The Labute approximate surface area is 117 Å². The lowest BCUT2D eigenvalue weighted by Gasteiger charge is -2.07. The topological polar surface area (TPSA) is 108 Å². The molecule has 1 heterocycles. The minimum atomic E-state index is -1.06. The standard InChI is InChI=1S/C13H10FN3O4/c14-9-3-1-2-8(4-9)6-16-7-10(17(20)21)5-11(12(15)18)13(16)19/h1-5,7H,6H2,(H2,15,18). The highest BCUT2D eigenvalue weighted by atomic mass is 19.1. The van der Waals surface area contributed by atoms with Crippen LogP contribution in [0.1, 0.15) is 15.9 Å². The van der Waals surface area contributed by atoms with Crippen molar-refractivity contribution in [2.75, 3.05) is 0 Å².